The number of hydrogen-bond donors (Lipinski definition) is 3. The predicted octanol–water partition coefficient (Wildman–Crippen LogP) is 1.06. The van der Waals surface area contributed by atoms with Crippen LogP contribution in [0.2, 0.25) is 0 Å². The summed E-state index contributed by atoms with van der Waals surface area (Å²) in [5.74, 6) is -0.194. The van der Waals surface area contributed by atoms with Crippen LogP contribution >= 0.6 is 8.18 Å². The Kier molecular flexibility index (Phi) is 7.68. The molecule has 1 saturated heterocycles. The fourth-order valence-corrected chi connectivity index (χ4v) is 4.29. The number of rotatable bonds is 9. The van der Waals surface area contributed by atoms with Gasteiger partial charge >= 0.3 is 14.1 Å². The van der Waals surface area contributed by atoms with E-state index in [0.29, 0.717) is 11.3 Å². The quantitative estimate of drug-likeness (QED) is 0.330. The maximum absolute atomic E-state index is 15.2. The second kappa shape index (κ2) is 10.0. The molecule has 13 nitrogen and oxygen atoms in total. The summed E-state index contributed by atoms with van der Waals surface area (Å²) < 4.78 is 44.9. The van der Waals surface area contributed by atoms with E-state index in [1.807, 2.05) is 0 Å². The molecule has 1 unspecified atom stereocenters. The SMILES string of the molecule is CC(C)OC(=O)[C@H](C)N[P+](=O)OC[C@@]1(C)O[C@@H](n2cnc3c(N(C)C)nc(N)nc32)[C@H](F)[C@@H]1O. The summed E-state index contributed by atoms with van der Waals surface area (Å²) in [6.45, 7) is 5.85. The molecule has 0 spiro atoms. The van der Waals surface area contributed by atoms with Gasteiger partial charge in [-0.05, 0) is 32.3 Å². The number of anilines is 2. The second-order valence-corrected chi connectivity index (χ2v) is 9.73. The molecule has 0 aromatic carbocycles. The normalized spacial score (nSPS) is 26.1. The van der Waals surface area contributed by atoms with Crippen molar-refractivity contribution < 1.29 is 32.9 Å². The Morgan fingerprint density at radius 1 is 1.44 bits per heavy atom. The van der Waals surface area contributed by atoms with Crippen molar-refractivity contribution in [2.24, 2.45) is 0 Å². The summed E-state index contributed by atoms with van der Waals surface area (Å²) in [7, 11) is 0.964. The Labute approximate surface area is 196 Å². The minimum absolute atomic E-state index is 0.0359. The highest BCUT2D eigenvalue weighted by atomic mass is 31.1. The molecule has 0 saturated carbocycles. The molecule has 0 aliphatic carbocycles. The number of nitrogens with two attached hydrogens (primary N) is 1. The third kappa shape index (κ3) is 5.26. The summed E-state index contributed by atoms with van der Waals surface area (Å²) >= 11 is 0. The number of ether oxygens (including phenoxy) is 2. The molecule has 2 aromatic heterocycles. The molecular formula is C19H30FN7O6P+. The Bertz CT molecular complexity index is 1070. The standard InChI is InChI=1S/C19H30FN7O6P/c1-9(2)32-17(29)10(3)25-34(30)31-7-19(4)13(28)11(20)16(33-19)27-8-22-12-14(26(5)6)23-18(21)24-15(12)27/h8-11,13,16,28H,7H2,1-6H3,(H,25,30)(H2,21,23,24)/q+1/t10-,11+,13-,16+,19+/m0/s1. The van der Waals surface area contributed by atoms with Crippen molar-refractivity contribution in [3.8, 4) is 0 Å². The number of aliphatic hydroxyl groups is 1. The molecule has 1 aliphatic heterocycles. The van der Waals surface area contributed by atoms with Gasteiger partial charge in [-0.1, -0.05) is 5.09 Å². The number of esters is 1. The number of fused-ring (bicyclic) bond motifs is 1. The minimum atomic E-state index is -2.54. The maximum Gasteiger partial charge on any atom is 0.613 e. The van der Waals surface area contributed by atoms with Crippen molar-refractivity contribution in [3.63, 3.8) is 0 Å². The van der Waals surface area contributed by atoms with Crippen LogP contribution in [-0.4, -0.2) is 81.3 Å². The number of aliphatic hydroxyl groups excluding tert-OH is 1. The van der Waals surface area contributed by atoms with Gasteiger partial charge in [0.15, 0.2) is 29.4 Å². The fraction of sp³-hybridized carbons (Fsp3) is 0.684. The zero-order valence-electron chi connectivity index (χ0n) is 19.8. The number of hydrogen-bond acceptors (Lipinski definition) is 11. The van der Waals surface area contributed by atoms with E-state index < -0.39 is 50.9 Å². The molecule has 6 atom stereocenters. The highest BCUT2D eigenvalue weighted by Gasteiger charge is 2.55. The van der Waals surface area contributed by atoms with Gasteiger partial charge in [0.05, 0.1) is 12.4 Å². The largest absolute Gasteiger partial charge is 0.613 e. The van der Waals surface area contributed by atoms with Gasteiger partial charge in [0.2, 0.25) is 5.95 Å². The molecule has 1 aliphatic rings. The van der Waals surface area contributed by atoms with E-state index in [9.17, 15) is 14.5 Å². The zero-order valence-corrected chi connectivity index (χ0v) is 20.7. The van der Waals surface area contributed by atoms with Crippen molar-refractivity contribution in [2.75, 3.05) is 31.3 Å². The molecule has 2 aromatic rings. The van der Waals surface area contributed by atoms with Gasteiger partial charge in [0, 0.05) is 14.1 Å². The first-order valence-electron chi connectivity index (χ1n) is 10.6. The Hall–Kier alpha value is -2.51. The van der Waals surface area contributed by atoms with E-state index in [1.165, 1.54) is 24.7 Å². The van der Waals surface area contributed by atoms with E-state index in [4.69, 9.17) is 19.7 Å². The zero-order chi connectivity index (χ0) is 25.4. The predicted molar refractivity (Wildman–Crippen MR) is 121 cm³/mol. The van der Waals surface area contributed by atoms with Crippen molar-refractivity contribution in [1.29, 1.82) is 0 Å². The Balaban J connectivity index is 1.73. The van der Waals surface area contributed by atoms with E-state index in [0.717, 1.165) is 0 Å². The van der Waals surface area contributed by atoms with E-state index in [2.05, 4.69) is 20.0 Å². The average molecular weight is 502 g/mol. The van der Waals surface area contributed by atoms with Gasteiger partial charge in [-0.2, -0.15) is 9.97 Å². The van der Waals surface area contributed by atoms with Gasteiger partial charge in [0.1, 0.15) is 24.4 Å². The molecule has 3 rings (SSSR count). The van der Waals surface area contributed by atoms with Crippen LogP contribution in [0, 0.1) is 0 Å². The lowest BCUT2D eigenvalue weighted by molar-refractivity contribution is -0.149. The lowest BCUT2D eigenvalue weighted by Crippen LogP contribution is -2.43. The van der Waals surface area contributed by atoms with E-state index >= 15 is 4.39 Å². The average Bonchev–Trinajstić information content (AvgIpc) is 3.25. The van der Waals surface area contributed by atoms with Gasteiger partial charge in [-0.3, -0.25) is 9.36 Å². The number of halogens is 1. The van der Waals surface area contributed by atoms with Crippen LogP contribution in [0.15, 0.2) is 6.33 Å². The minimum Gasteiger partial charge on any atom is -0.462 e. The second-order valence-electron chi connectivity index (χ2n) is 8.70. The fourth-order valence-electron chi connectivity index (χ4n) is 3.42. The molecule has 4 N–H and O–H groups in total. The third-order valence-electron chi connectivity index (χ3n) is 5.18. The molecule has 3 heterocycles. The molecule has 0 radical (unpaired) electrons. The highest BCUT2D eigenvalue weighted by molar-refractivity contribution is 7.36. The van der Waals surface area contributed by atoms with Gasteiger partial charge in [0.25, 0.3) is 0 Å². The van der Waals surface area contributed by atoms with Crippen molar-refractivity contribution in [3.05, 3.63) is 6.33 Å². The van der Waals surface area contributed by atoms with Crippen LogP contribution in [0.4, 0.5) is 16.2 Å². The van der Waals surface area contributed by atoms with Crippen LogP contribution in [-0.2, 0) is 23.4 Å². The number of imidazole rings is 1. The number of carbonyl (C=O) groups excluding carboxylic acids is 1. The Morgan fingerprint density at radius 3 is 2.74 bits per heavy atom. The molecule has 0 bridgehead atoms. The topological polar surface area (TPSA) is 167 Å². The number of carbonyl (C=O) groups is 1. The van der Waals surface area contributed by atoms with Crippen molar-refractivity contribution in [2.45, 2.75) is 63.9 Å². The maximum atomic E-state index is 15.2. The third-order valence-corrected chi connectivity index (χ3v) is 6.14. The molecule has 15 heteroatoms. The monoisotopic (exact) mass is 502 g/mol. The first-order valence-corrected chi connectivity index (χ1v) is 11.8. The van der Waals surface area contributed by atoms with E-state index in [1.54, 1.807) is 32.8 Å². The number of nitrogens with one attached hydrogen (secondary N) is 1. The van der Waals surface area contributed by atoms with Gasteiger partial charge in [-0.25, -0.2) is 9.37 Å². The van der Waals surface area contributed by atoms with Crippen LogP contribution < -0.4 is 15.7 Å². The summed E-state index contributed by atoms with van der Waals surface area (Å²) in [5, 5.41) is 13.0. The number of nitrogen functional groups attached to an aromatic ring is 1. The summed E-state index contributed by atoms with van der Waals surface area (Å²) in [6, 6.07) is -0.900. The van der Waals surface area contributed by atoms with Crippen LogP contribution in [0.25, 0.3) is 11.2 Å². The van der Waals surface area contributed by atoms with Gasteiger partial charge in [-0.15, -0.1) is 4.52 Å². The Morgan fingerprint density at radius 2 is 2.12 bits per heavy atom. The van der Waals surface area contributed by atoms with E-state index in [-0.39, 0.29) is 17.7 Å². The number of alkyl halides is 1. The lowest BCUT2D eigenvalue weighted by Gasteiger charge is -2.24. The summed E-state index contributed by atoms with van der Waals surface area (Å²) in [6.07, 6.45) is -3.80. The van der Waals surface area contributed by atoms with Crippen molar-refractivity contribution >= 4 is 37.1 Å². The lowest BCUT2D eigenvalue weighted by atomic mass is 9.99. The van der Waals surface area contributed by atoms with Crippen LogP contribution in [0.5, 0.6) is 0 Å². The molecule has 1 fully saturated rings. The van der Waals surface area contributed by atoms with Crippen LogP contribution in [0.1, 0.15) is 33.9 Å². The summed E-state index contributed by atoms with van der Waals surface area (Å²) in [5.41, 5.74) is 4.86. The first-order chi connectivity index (χ1) is 15.8. The molecule has 188 valence electrons. The number of aromatic nitrogens is 4. The highest BCUT2D eigenvalue weighted by Crippen LogP contribution is 2.41. The number of nitrogens with zero attached hydrogens (tertiary/aromatic N) is 5. The molecular weight excluding hydrogens is 472 g/mol. The molecule has 0 amide bonds. The molecule has 34 heavy (non-hydrogen) atoms. The van der Waals surface area contributed by atoms with Crippen molar-refractivity contribution in [1.82, 2.24) is 24.6 Å². The smallest absolute Gasteiger partial charge is 0.462 e. The first kappa shape index (κ1) is 26.1. The summed E-state index contributed by atoms with van der Waals surface area (Å²) in [4.78, 5) is 26.1. The van der Waals surface area contributed by atoms with Gasteiger partial charge < -0.3 is 25.2 Å². The van der Waals surface area contributed by atoms with Crippen LogP contribution in [0.3, 0.4) is 0 Å².